The number of Topliss-reactive ketones (excluding diaryl/α,β-unsaturated/α-hetero) is 1. The van der Waals surface area contributed by atoms with Crippen LogP contribution in [-0.2, 0) is 28.8 Å². The van der Waals surface area contributed by atoms with Crippen molar-refractivity contribution in [3.8, 4) is 0 Å². The second-order valence-corrected chi connectivity index (χ2v) is 11.1. The molecular weight excluding hydrogens is 599 g/mol. The van der Waals surface area contributed by atoms with Crippen molar-refractivity contribution in [1.82, 2.24) is 23.8 Å². The minimum atomic E-state index is -4.81. The molecule has 230 valence electrons. The first kappa shape index (κ1) is 28.4. The van der Waals surface area contributed by atoms with Gasteiger partial charge in [-0.3, -0.25) is 13.9 Å². The van der Waals surface area contributed by atoms with Crippen molar-refractivity contribution in [3.63, 3.8) is 0 Å². The van der Waals surface area contributed by atoms with Crippen molar-refractivity contribution in [2.45, 2.75) is 44.3 Å². The zero-order valence-corrected chi connectivity index (χ0v) is 22.7. The smallest absolute Gasteiger partial charge is 0.345 e. The molecule has 0 bridgehead atoms. The molecule has 0 atom stereocenters. The molecule has 2 amide bonds. The van der Waals surface area contributed by atoms with E-state index in [-0.39, 0.29) is 46.7 Å². The summed E-state index contributed by atoms with van der Waals surface area (Å²) in [5, 5.41) is 0.130. The highest BCUT2D eigenvalue weighted by atomic mass is 19.4. The zero-order chi connectivity index (χ0) is 31.2. The molecule has 1 aliphatic carbocycles. The number of carbonyl (C=O) groups excluding carboxylic acids is 2. The van der Waals surface area contributed by atoms with Gasteiger partial charge in [-0.15, -0.1) is 0 Å². The summed E-state index contributed by atoms with van der Waals surface area (Å²) < 4.78 is 105. The molecule has 1 fully saturated rings. The number of amides is 2. The number of rotatable bonds is 2. The quantitative estimate of drug-likeness (QED) is 0.256. The van der Waals surface area contributed by atoms with Crippen LogP contribution in [0, 0.1) is 0 Å². The summed E-state index contributed by atoms with van der Waals surface area (Å²) in [4.78, 5) is 32.1. The monoisotopic (exact) mass is 621 g/mol. The largest absolute Gasteiger partial charge is 0.416 e. The number of nitrogens with zero attached hydrogens (tertiary/aromatic N) is 5. The van der Waals surface area contributed by atoms with Gasteiger partial charge < -0.3 is 14.4 Å². The van der Waals surface area contributed by atoms with Crippen LogP contribution in [0.3, 0.4) is 0 Å². The van der Waals surface area contributed by atoms with Crippen LogP contribution in [0.4, 0.5) is 35.5 Å². The van der Waals surface area contributed by atoms with Crippen LogP contribution in [0.25, 0.3) is 27.7 Å². The fourth-order valence-electron chi connectivity index (χ4n) is 6.37. The number of benzene rings is 1. The van der Waals surface area contributed by atoms with Crippen molar-refractivity contribution in [1.29, 1.82) is 0 Å². The molecule has 0 unspecified atom stereocenters. The van der Waals surface area contributed by atoms with Crippen LogP contribution in [0.2, 0.25) is 0 Å². The standard InChI is InChI=1S/C29H22F7N5O3/c30-27(31)14-40(15-28(32,33)44-27)26(43)39-8-7-38-13-20(19-10-17(29(34,35)36)9-16(12-39)25(19)38)24-18(4-5-22(24)42)21-11-37-23-3-1-2-6-41(21)23/h1-3,6,9-11,13H,4-5,7-8,12,14-15H2. The van der Waals surface area contributed by atoms with Crippen LogP contribution in [0.5, 0.6) is 0 Å². The van der Waals surface area contributed by atoms with E-state index < -0.39 is 49.6 Å². The summed E-state index contributed by atoms with van der Waals surface area (Å²) in [5.74, 6) is -0.244. The van der Waals surface area contributed by atoms with Crippen LogP contribution in [0.1, 0.15) is 35.2 Å². The summed E-state index contributed by atoms with van der Waals surface area (Å²) in [7, 11) is 0. The molecule has 0 saturated carbocycles. The molecule has 8 nitrogen and oxygen atoms in total. The Morgan fingerprint density at radius 1 is 0.977 bits per heavy atom. The number of carbonyl (C=O) groups is 2. The molecule has 3 aliphatic rings. The van der Waals surface area contributed by atoms with Gasteiger partial charge in [0, 0.05) is 55.0 Å². The highest BCUT2D eigenvalue weighted by Gasteiger charge is 2.53. The second-order valence-electron chi connectivity index (χ2n) is 11.1. The predicted octanol–water partition coefficient (Wildman–Crippen LogP) is 6.03. The maximum absolute atomic E-state index is 14.2. The molecule has 0 radical (unpaired) electrons. The number of alkyl halides is 7. The Bertz CT molecular complexity index is 1870. The van der Waals surface area contributed by atoms with Crippen molar-refractivity contribution in [2.24, 2.45) is 0 Å². The molecule has 2 aliphatic heterocycles. The molecule has 7 rings (SSSR count). The SMILES string of the molecule is O=C1CCC(c2cnc3ccccn23)=C1c1cn2c3c(cc(C(F)(F)F)cc13)CN(C(=O)N1CC(F)(F)OC(F)(F)C1)CC2. The Hall–Kier alpha value is -4.40. The van der Waals surface area contributed by atoms with Crippen LogP contribution >= 0.6 is 0 Å². The Kier molecular flexibility index (Phi) is 6.16. The van der Waals surface area contributed by atoms with Gasteiger partial charge in [-0.2, -0.15) is 30.7 Å². The van der Waals surface area contributed by atoms with E-state index in [9.17, 15) is 40.3 Å². The van der Waals surface area contributed by atoms with Gasteiger partial charge >= 0.3 is 24.4 Å². The topological polar surface area (TPSA) is 72.1 Å². The van der Waals surface area contributed by atoms with Crippen molar-refractivity contribution in [2.75, 3.05) is 19.6 Å². The van der Waals surface area contributed by atoms with Gasteiger partial charge in [0.05, 0.1) is 23.0 Å². The van der Waals surface area contributed by atoms with E-state index in [0.717, 1.165) is 17.0 Å². The number of aromatic nitrogens is 3. The van der Waals surface area contributed by atoms with E-state index in [4.69, 9.17) is 0 Å². The molecule has 15 heteroatoms. The number of halogens is 7. The first-order chi connectivity index (χ1) is 20.7. The molecular formula is C29H22F7N5O3. The Labute approximate surface area is 243 Å². The molecule has 1 saturated heterocycles. The zero-order valence-electron chi connectivity index (χ0n) is 22.7. The summed E-state index contributed by atoms with van der Waals surface area (Å²) in [6, 6.07) is 6.00. The van der Waals surface area contributed by atoms with Gasteiger partial charge in [0.1, 0.15) is 18.7 Å². The number of pyridine rings is 1. The van der Waals surface area contributed by atoms with E-state index in [2.05, 4.69) is 9.72 Å². The fourth-order valence-corrected chi connectivity index (χ4v) is 6.37. The van der Waals surface area contributed by atoms with E-state index >= 15 is 0 Å². The molecule has 3 aromatic heterocycles. The number of imidazole rings is 1. The lowest BCUT2D eigenvalue weighted by molar-refractivity contribution is -0.400. The molecule has 1 aromatic carbocycles. The fraction of sp³-hybridized carbons (Fsp3) is 0.345. The third-order valence-electron chi connectivity index (χ3n) is 8.12. The molecule has 5 heterocycles. The minimum absolute atomic E-state index is 0.00411. The second kappa shape index (κ2) is 9.55. The lowest BCUT2D eigenvalue weighted by Crippen LogP contribution is -2.59. The number of hydrogen-bond acceptors (Lipinski definition) is 4. The first-order valence-corrected chi connectivity index (χ1v) is 13.6. The van der Waals surface area contributed by atoms with Gasteiger partial charge in [0.15, 0.2) is 5.78 Å². The summed E-state index contributed by atoms with van der Waals surface area (Å²) in [5.41, 5.74) is 1.78. The number of morpholine rings is 1. The highest BCUT2D eigenvalue weighted by Crippen LogP contribution is 2.44. The summed E-state index contributed by atoms with van der Waals surface area (Å²) in [6.45, 7) is -3.52. The third-order valence-corrected chi connectivity index (χ3v) is 8.12. The molecule has 0 spiro atoms. The van der Waals surface area contributed by atoms with Gasteiger partial charge in [0.25, 0.3) is 0 Å². The lowest BCUT2D eigenvalue weighted by atomic mass is 9.96. The summed E-state index contributed by atoms with van der Waals surface area (Å²) in [6.07, 6.45) is -7.98. The van der Waals surface area contributed by atoms with E-state index in [0.29, 0.717) is 34.4 Å². The van der Waals surface area contributed by atoms with Crippen LogP contribution in [0.15, 0.2) is 48.9 Å². The number of ketones is 1. The lowest BCUT2D eigenvalue weighted by Gasteiger charge is -2.39. The molecule has 44 heavy (non-hydrogen) atoms. The Morgan fingerprint density at radius 2 is 1.73 bits per heavy atom. The maximum Gasteiger partial charge on any atom is 0.416 e. The normalized spacial score (nSPS) is 20.2. The van der Waals surface area contributed by atoms with Crippen LogP contribution < -0.4 is 0 Å². The van der Waals surface area contributed by atoms with Gasteiger partial charge in [-0.25, -0.2) is 9.78 Å². The number of hydrogen-bond donors (Lipinski definition) is 0. The van der Waals surface area contributed by atoms with E-state index in [1.807, 2.05) is 0 Å². The molecule has 4 aromatic rings. The van der Waals surface area contributed by atoms with Crippen molar-refractivity contribution < 1.29 is 45.1 Å². The number of urea groups is 1. The van der Waals surface area contributed by atoms with E-state index in [1.165, 1.54) is 0 Å². The first-order valence-electron chi connectivity index (χ1n) is 13.6. The third kappa shape index (κ3) is 4.69. The number of fused-ring (bicyclic) bond motifs is 1. The Balaban J connectivity index is 1.35. The maximum atomic E-state index is 14.2. The van der Waals surface area contributed by atoms with Gasteiger partial charge in [-0.05, 0) is 41.8 Å². The molecule has 0 N–H and O–H groups in total. The Morgan fingerprint density at radius 3 is 2.45 bits per heavy atom. The van der Waals surface area contributed by atoms with Gasteiger partial charge in [0.2, 0.25) is 0 Å². The summed E-state index contributed by atoms with van der Waals surface area (Å²) >= 11 is 0. The van der Waals surface area contributed by atoms with Crippen molar-refractivity contribution >= 4 is 39.5 Å². The number of ether oxygens (including phenoxy) is 1. The highest BCUT2D eigenvalue weighted by molar-refractivity contribution is 6.33. The number of allylic oxidation sites excluding steroid dienone is 2. The van der Waals surface area contributed by atoms with E-state index in [1.54, 1.807) is 45.8 Å². The predicted molar refractivity (Wildman–Crippen MR) is 142 cm³/mol. The average molecular weight is 622 g/mol. The average Bonchev–Trinajstić information content (AvgIpc) is 3.59. The van der Waals surface area contributed by atoms with Crippen molar-refractivity contribution in [3.05, 3.63) is 71.3 Å². The minimum Gasteiger partial charge on any atom is -0.345 e. The van der Waals surface area contributed by atoms with Gasteiger partial charge in [-0.1, -0.05) is 6.07 Å². The van der Waals surface area contributed by atoms with Crippen LogP contribution in [-0.4, -0.2) is 67.4 Å².